The van der Waals surface area contributed by atoms with E-state index in [1.54, 1.807) is 29.7 Å². The molecule has 29 heavy (non-hydrogen) atoms. The third-order valence-corrected chi connectivity index (χ3v) is 5.11. The van der Waals surface area contributed by atoms with Gasteiger partial charge < -0.3 is 20.3 Å². The lowest BCUT2D eigenvalue weighted by molar-refractivity contribution is -0.176. The first-order valence-electron chi connectivity index (χ1n) is 8.82. The lowest BCUT2D eigenvalue weighted by Gasteiger charge is -2.35. The molecule has 1 saturated heterocycles. The van der Waals surface area contributed by atoms with Crippen molar-refractivity contribution in [1.29, 1.82) is 0 Å². The second-order valence-electron chi connectivity index (χ2n) is 6.39. The maximum atomic E-state index is 12.1. The van der Waals surface area contributed by atoms with Crippen molar-refractivity contribution < 1.29 is 17.9 Å². The largest absolute Gasteiger partial charge is 0.411 e. The SMILES string of the molecule is I.NC(=NCc1ccc(COCC(F)(F)F)cc1)N1CCN(c2nccs2)CC1. The zero-order valence-electron chi connectivity index (χ0n) is 15.6. The molecule has 2 aromatic rings. The first kappa shape index (κ1) is 23.7. The smallest absolute Gasteiger partial charge is 0.370 e. The van der Waals surface area contributed by atoms with E-state index in [1.165, 1.54) is 0 Å². The Morgan fingerprint density at radius 2 is 1.79 bits per heavy atom. The van der Waals surface area contributed by atoms with Gasteiger partial charge in [-0.2, -0.15) is 13.2 Å². The molecule has 1 aromatic carbocycles. The van der Waals surface area contributed by atoms with E-state index in [4.69, 9.17) is 5.73 Å². The van der Waals surface area contributed by atoms with Crippen molar-refractivity contribution in [3.8, 4) is 0 Å². The predicted molar refractivity (Wildman–Crippen MR) is 119 cm³/mol. The molecule has 1 fully saturated rings. The number of nitrogens with two attached hydrogens (primary N) is 1. The number of hydrogen-bond acceptors (Lipinski definition) is 5. The average Bonchev–Trinajstić information content (AvgIpc) is 3.21. The van der Waals surface area contributed by atoms with Gasteiger partial charge >= 0.3 is 6.18 Å². The van der Waals surface area contributed by atoms with Crippen molar-refractivity contribution in [1.82, 2.24) is 9.88 Å². The fraction of sp³-hybridized carbons (Fsp3) is 0.444. The molecule has 0 unspecified atom stereocenters. The number of aliphatic imine (C=N–C) groups is 1. The maximum absolute atomic E-state index is 12.1. The molecular formula is C18H23F3IN5OS. The molecule has 0 atom stereocenters. The van der Waals surface area contributed by atoms with Crippen molar-refractivity contribution in [3.63, 3.8) is 0 Å². The lowest BCUT2D eigenvalue weighted by Crippen LogP contribution is -2.51. The second-order valence-corrected chi connectivity index (χ2v) is 7.26. The molecular weight excluding hydrogens is 518 g/mol. The van der Waals surface area contributed by atoms with Gasteiger partial charge in [0.05, 0.1) is 13.2 Å². The van der Waals surface area contributed by atoms with Crippen LogP contribution in [0.1, 0.15) is 11.1 Å². The van der Waals surface area contributed by atoms with Crippen LogP contribution in [-0.4, -0.2) is 54.8 Å². The van der Waals surface area contributed by atoms with Crippen molar-refractivity contribution >= 4 is 46.4 Å². The number of guanidine groups is 1. The van der Waals surface area contributed by atoms with E-state index in [2.05, 4.69) is 19.6 Å². The van der Waals surface area contributed by atoms with Gasteiger partial charge in [0.2, 0.25) is 0 Å². The molecule has 0 radical (unpaired) electrons. The van der Waals surface area contributed by atoms with E-state index in [1.807, 2.05) is 22.4 Å². The Bertz CT molecular complexity index is 763. The van der Waals surface area contributed by atoms with Gasteiger partial charge in [-0.3, -0.25) is 0 Å². The minimum Gasteiger partial charge on any atom is -0.370 e. The van der Waals surface area contributed by atoms with Crippen LogP contribution in [-0.2, 0) is 17.9 Å². The molecule has 11 heteroatoms. The fourth-order valence-electron chi connectivity index (χ4n) is 2.80. The second kappa shape index (κ2) is 11.0. The van der Waals surface area contributed by atoms with Gasteiger partial charge in [0.15, 0.2) is 11.1 Å². The van der Waals surface area contributed by atoms with Gasteiger partial charge in [-0.1, -0.05) is 24.3 Å². The summed E-state index contributed by atoms with van der Waals surface area (Å²) in [5, 5.41) is 2.99. The Kier molecular flexibility index (Phi) is 8.96. The molecule has 0 amide bonds. The van der Waals surface area contributed by atoms with E-state index in [0.717, 1.165) is 36.9 Å². The molecule has 0 aliphatic carbocycles. The van der Waals surface area contributed by atoms with Crippen LogP contribution in [0.3, 0.4) is 0 Å². The highest BCUT2D eigenvalue weighted by atomic mass is 127. The van der Waals surface area contributed by atoms with Gasteiger partial charge in [0.1, 0.15) is 6.61 Å². The van der Waals surface area contributed by atoms with Crippen molar-refractivity contribution in [2.24, 2.45) is 10.7 Å². The first-order valence-corrected chi connectivity index (χ1v) is 9.70. The number of alkyl halides is 3. The van der Waals surface area contributed by atoms with Crippen LogP contribution in [0.4, 0.5) is 18.3 Å². The third kappa shape index (κ3) is 7.63. The van der Waals surface area contributed by atoms with Crippen LogP contribution in [0.15, 0.2) is 40.8 Å². The van der Waals surface area contributed by atoms with E-state index in [-0.39, 0.29) is 30.6 Å². The van der Waals surface area contributed by atoms with Gasteiger partial charge in [-0.15, -0.1) is 35.3 Å². The summed E-state index contributed by atoms with van der Waals surface area (Å²) in [5.41, 5.74) is 7.73. The highest BCUT2D eigenvalue weighted by Gasteiger charge is 2.27. The minimum absolute atomic E-state index is 0. The number of anilines is 1. The minimum atomic E-state index is -4.31. The molecule has 2 heterocycles. The molecule has 1 aliphatic heterocycles. The molecule has 6 nitrogen and oxygen atoms in total. The summed E-state index contributed by atoms with van der Waals surface area (Å²) in [7, 11) is 0. The number of rotatable bonds is 6. The fourth-order valence-corrected chi connectivity index (χ4v) is 3.49. The number of hydrogen-bond donors (Lipinski definition) is 1. The van der Waals surface area contributed by atoms with Crippen LogP contribution in [0.2, 0.25) is 0 Å². The highest BCUT2D eigenvalue weighted by molar-refractivity contribution is 14.0. The molecule has 0 spiro atoms. The molecule has 0 bridgehead atoms. The van der Waals surface area contributed by atoms with E-state index in [0.29, 0.717) is 18.1 Å². The van der Waals surface area contributed by atoms with Gasteiger partial charge in [-0.25, -0.2) is 9.98 Å². The van der Waals surface area contributed by atoms with Crippen LogP contribution in [0.25, 0.3) is 0 Å². The Hall–Kier alpha value is -1.60. The molecule has 1 aromatic heterocycles. The Balaban J connectivity index is 0.00000300. The topological polar surface area (TPSA) is 67.0 Å². The quantitative estimate of drug-likeness (QED) is 0.345. The summed E-state index contributed by atoms with van der Waals surface area (Å²) in [6, 6.07) is 7.13. The summed E-state index contributed by atoms with van der Waals surface area (Å²) < 4.78 is 40.9. The summed E-state index contributed by atoms with van der Waals surface area (Å²) in [4.78, 5) is 13.0. The Morgan fingerprint density at radius 1 is 1.14 bits per heavy atom. The number of thiazole rings is 1. The maximum Gasteiger partial charge on any atom is 0.411 e. The van der Waals surface area contributed by atoms with E-state index < -0.39 is 12.8 Å². The number of aromatic nitrogens is 1. The zero-order valence-corrected chi connectivity index (χ0v) is 18.8. The number of halogens is 4. The predicted octanol–water partition coefficient (Wildman–Crippen LogP) is 3.48. The summed E-state index contributed by atoms with van der Waals surface area (Å²) >= 11 is 1.62. The monoisotopic (exact) mass is 541 g/mol. The lowest BCUT2D eigenvalue weighted by atomic mass is 10.1. The number of nitrogens with zero attached hydrogens (tertiary/aromatic N) is 4. The van der Waals surface area contributed by atoms with Crippen LogP contribution >= 0.6 is 35.3 Å². The molecule has 2 N–H and O–H groups in total. The highest BCUT2D eigenvalue weighted by Crippen LogP contribution is 2.19. The van der Waals surface area contributed by atoms with Gasteiger partial charge in [-0.05, 0) is 11.1 Å². The summed E-state index contributed by atoms with van der Waals surface area (Å²) in [6.07, 6.45) is -2.51. The van der Waals surface area contributed by atoms with Crippen molar-refractivity contribution in [2.75, 3.05) is 37.7 Å². The zero-order chi connectivity index (χ0) is 20.0. The third-order valence-electron chi connectivity index (χ3n) is 4.27. The summed E-state index contributed by atoms with van der Waals surface area (Å²) in [5.74, 6) is 0.497. The number of ether oxygens (including phenoxy) is 1. The Morgan fingerprint density at radius 3 is 2.38 bits per heavy atom. The molecule has 0 saturated carbocycles. The Labute approximate surface area is 188 Å². The first-order chi connectivity index (χ1) is 13.4. The van der Waals surface area contributed by atoms with E-state index in [9.17, 15) is 13.2 Å². The standard InChI is InChI=1S/C18H22F3N5OS.HI/c19-18(20,21)13-27-12-15-3-1-14(2-4-15)11-24-16(22)25-6-8-26(9-7-25)17-23-5-10-28-17;/h1-5,10H,6-9,11-13H2,(H2,22,24);1H. The number of benzene rings is 1. The van der Waals surface area contributed by atoms with E-state index >= 15 is 0 Å². The molecule has 1 aliphatic rings. The normalized spacial score (nSPS) is 15.3. The molecule has 3 rings (SSSR count). The van der Waals surface area contributed by atoms with Crippen LogP contribution in [0, 0.1) is 0 Å². The molecule has 160 valence electrons. The van der Waals surface area contributed by atoms with Gasteiger partial charge in [0.25, 0.3) is 0 Å². The van der Waals surface area contributed by atoms with Crippen LogP contribution in [0.5, 0.6) is 0 Å². The van der Waals surface area contributed by atoms with Crippen molar-refractivity contribution in [3.05, 3.63) is 47.0 Å². The summed E-state index contributed by atoms with van der Waals surface area (Å²) in [6.45, 7) is 2.35. The number of piperazine rings is 1. The average molecular weight is 541 g/mol. The van der Waals surface area contributed by atoms with Crippen molar-refractivity contribution in [2.45, 2.75) is 19.3 Å². The van der Waals surface area contributed by atoms with Gasteiger partial charge in [0, 0.05) is 37.8 Å². The van der Waals surface area contributed by atoms with Crippen LogP contribution < -0.4 is 10.6 Å².